The summed E-state index contributed by atoms with van der Waals surface area (Å²) in [6, 6.07) is 5.23. The summed E-state index contributed by atoms with van der Waals surface area (Å²) in [6.45, 7) is 7.98. The smallest absolute Gasteiger partial charge is 0.273 e. The number of benzene rings is 1. The summed E-state index contributed by atoms with van der Waals surface area (Å²) < 4.78 is 49.6. The second-order valence-corrected chi connectivity index (χ2v) is 10.8. The third-order valence-corrected chi connectivity index (χ3v) is 7.42. The molecular weight excluding hydrogens is 521 g/mol. The summed E-state index contributed by atoms with van der Waals surface area (Å²) in [5, 5.41) is 3.88. The van der Waals surface area contributed by atoms with Crippen molar-refractivity contribution in [3.8, 4) is 0 Å². The number of hydrogen-bond acceptors (Lipinski definition) is 7. The summed E-state index contributed by atoms with van der Waals surface area (Å²) >= 11 is 0. The van der Waals surface area contributed by atoms with Gasteiger partial charge in [0, 0.05) is 44.4 Å². The van der Waals surface area contributed by atoms with Crippen molar-refractivity contribution in [1.82, 2.24) is 24.8 Å². The summed E-state index contributed by atoms with van der Waals surface area (Å²) in [4.78, 5) is 29.7. The van der Waals surface area contributed by atoms with E-state index in [1.54, 1.807) is 31.9 Å². The molecule has 1 aliphatic rings. The van der Waals surface area contributed by atoms with Crippen LogP contribution in [0.4, 0.5) is 19.0 Å². The minimum Gasteiger partial charge on any atom is -0.367 e. The molecule has 0 bridgehead atoms. The minimum absolute atomic E-state index is 0.0230. The van der Waals surface area contributed by atoms with Crippen molar-refractivity contribution in [2.45, 2.75) is 58.1 Å². The van der Waals surface area contributed by atoms with Crippen molar-refractivity contribution >= 4 is 22.6 Å². The van der Waals surface area contributed by atoms with Gasteiger partial charge in [-0.3, -0.25) is 9.78 Å². The lowest BCUT2D eigenvalue weighted by Gasteiger charge is -2.41. The first-order valence-corrected chi connectivity index (χ1v) is 13.4. The SMILES string of the molecule is CC(=O)N1CCC(OCCN(C)C)(c2cc3c(N[C@H](C)c4cccc(C(C)(F)F)c4F)nc(C)nc3cn2)CC1. The number of nitrogens with zero attached hydrogens (tertiary/aromatic N) is 5. The lowest BCUT2D eigenvalue weighted by molar-refractivity contribution is -0.138. The molecule has 1 aromatic carbocycles. The van der Waals surface area contributed by atoms with E-state index < -0.39 is 28.9 Å². The molecule has 216 valence electrons. The molecule has 1 atom stereocenters. The summed E-state index contributed by atoms with van der Waals surface area (Å²) in [5.74, 6) is -3.31. The number of hydrogen-bond donors (Lipinski definition) is 1. The van der Waals surface area contributed by atoms with Crippen LogP contribution in [0, 0.1) is 12.7 Å². The zero-order chi connectivity index (χ0) is 29.2. The zero-order valence-electron chi connectivity index (χ0n) is 23.9. The molecule has 3 heterocycles. The number of carbonyl (C=O) groups excluding carboxylic acids is 1. The van der Waals surface area contributed by atoms with Crippen LogP contribution in [0.15, 0.2) is 30.5 Å². The lowest BCUT2D eigenvalue weighted by Crippen LogP contribution is -2.46. The number of rotatable bonds is 9. The van der Waals surface area contributed by atoms with Crippen molar-refractivity contribution in [1.29, 1.82) is 0 Å². The minimum atomic E-state index is -3.31. The summed E-state index contributed by atoms with van der Waals surface area (Å²) in [6.07, 6.45) is 2.82. The number of likely N-dealkylation sites (N-methyl/N-ethyl adjacent to an activating group) is 1. The van der Waals surface area contributed by atoms with Crippen molar-refractivity contribution in [2.24, 2.45) is 0 Å². The number of amides is 1. The maximum absolute atomic E-state index is 15.1. The van der Waals surface area contributed by atoms with E-state index in [2.05, 4.69) is 15.3 Å². The van der Waals surface area contributed by atoms with Gasteiger partial charge in [0.05, 0.1) is 35.6 Å². The summed E-state index contributed by atoms with van der Waals surface area (Å²) in [7, 11) is 3.95. The highest BCUT2D eigenvalue weighted by molar-refractivity contribution is 5.89. The van der Waals surface area contributed by atoms with Gasteiger partial charge in [-0.25, -0.2) is 23.1 Å². The van der Waals surface area contributed by atoms with E-state index in [0.29, 0.717) is 67.7 Å². The maximum atomic E-state index is 15.1. The van der Waals surface area contributed by atoms with Gasteiger partial charge < -0.3 is 19.9 Å². The van der Waals surface area contributed by atoms with Crippen LogP contribution in [0.2, 0.25) is 0 Å². The van der Waals surface area contributed by atoms with E-state index in [1.807, 2.05) is 25.1 Å². The second kappa shape index (κ2) is 11.7. The second-order valence-electron chi connectivity index (χ2n) is 10.8. The van der Waals surface area contributed by atoms with Crippen LogP contribution < -0.4 is 5.32 Å². The highest BCUT2D eigenvalue weighted by Gasteiger charge is 2.39. The molecule has 8 nitrogen and oxygen atoms in total. The van der Waals surface area contributed by atoms with Crippen LogP contribution in [-0.2, 0) is 21.1 Å². The largest absolute Gasteiger partial charge is 0.367 e. The molecule has 4 rings (SSSR count). The van der Waals surface area contributed by atoms with E-state index in [0.717, 1.165) is 12.6 Å². The molecule has 0 spiro atoms. The number of nitrogens with one attached hydrogen (secondary N) is 1. The first-order valence-electron chi connectivity index (χ1n) is 13.4. The number of pyridine rings is 1. The number of likely N-dealkylation sites (tertiary alicyclic amines) is 1. The number of aryl methyl sites for hydroxylation is 1. The molecule has 3 aromatic rings. The molecule has 1 amide bonds. The Hall–Kier alpha value is -3.31. The fourth-order valence-corrected chi connectivity index (χ4v) is 5.09. The number of ether oxygens (including phenoxy) is 1. The number of aromatic nitrogens is 3. The molecule has 1 N–H and O–H groups in total. The van der Waals surface area contributed by atoms with Gasteiger partial charge in [0.1, 0.15) is 23.1 Å². The van der Waals surface area contributed by atoms with Gasteiger partial charge in [0.25, 0.3) is 5.92 Å². The Labute approximate surface area is 233 Å². The van der Waals surface area contributed by atoms with Crippen LogP contribution >= 0.6 is 0 Å². The molecule has 2 aromatic heterocycles. The Balaban J connectivity index is 1.72. The fraction of sp³-hybridized carbons (Fsp3) is 0.517. The van der Waals surface area contributed by atoms with E-state index >= 15 is 4.39 Å². The van der Waals surface area contributed by atoms with Crippen molar-refractivity contribution in [3.63, 3.8) is 0 Å². The van der Waals surface area contributed by atoms with Gasteiger partial charge in [0.2, 0.25) is 5.91 Å². The molecule has 1 saturated heterocycles. The average molecular weight is 559 g/mol. The molecule has 11 heteroatoms. The molecule has 1 aliphatic heterocycles. The Morgan fingerprint density at radius 2 is 1.95 bits per heavy atom. The van der Waals surface area contributed by atoms with Gasteiger partial charge in [-0.05, 0) is 46.9 Å². The van der Waals surface area contributed by atoms with E-state index in [4.69, 9.17) is 9.72 Å². The topological polar surface area (TPSA) is 83.5 Å². The number of alkyl halides is 2. The third kappa shape index (κ3) is 6.36. The van der Waals surface area contributed by atoms with Gasteiger partial charge in [-0.2, -0.15) is 0 Å². The first-order chi connectivity index (χ1) is 18.8. The Bertz CT molecular complexity index is 1370. The first kappa shape index (κ1) is 29.7. The monoisotopic (exact) mass is 558 g/mol. The Morgan fingerprint density at radius 1 is 1.25 bits per heavy atom. The normalized spacial score (nSPS) is 16.4. The van der Waals surface area contributed by atoms with Crippen LogP contribution in [0.5, 0.6) is 0 Å². The average Bonchev–Trinajstić information content (AvgIpc) is 2.87. The standard InChI is InChI=1S/C29H37F3N6O2/c1-18(21-8-7-9-23(26(21)30)28(4,31)32)34-27-22-16-25(33-17-24(22)35-19(2)36-27)29(40-15-14-37(5)6)10-12-38(13-11-29)20(3)39/h7-9,16-18H,10-15H2,1-6H3,(H,34,35,36)/t18-/m1/s1. The van der Waals surface area contributed by atoms with Gasteiger partial charge in [-0.1, -0.05) is 18.2 Å². The molecule has 0 radical (unpaired) electrons. The van der Waals surface area contributed by atoms with Gasteiger partial charge >= 0.3 is 0 Å². The van der Waals surface area contributed by atoms with Crippen molar-refractivity contribution in [3.05, 3.63) is 58.9 Å². The van der Waals surface area contributed by atoms with Crippen LogP contribution in [0.1, 0.15) is 62.3 Å². The summed E-state index contributed by atoms with van der Waals surface area (Å²) in [5.41, 5.74) is 0.0334. The van der Waals surface area contributed by atoms with Crippen LogP contribution in [0.25, 0.3) is 10.9 Å². The van der Waals surface area contributed by atoms with Gasteiger partial charge in [-0.15, -0.1) is 0 Å². The van der Waals surface area contributed by atoms with Gasteiger partial charge in [0.15, 0.2) is 0 Å². The number of halogens is 3. The molecule has 40 heavy (non-hydrogen) atoms. The number of piperidine rings is 1. The zero-order valence-corrected chi connectivity index (χ0v) is 23.9. The molecule has 1 fully saturated rings. The highest BCUT2D eigenvalue weighted by Crippen LogP contribution is 2.38. The number of fused-ring (bicyclic) bond motifs is 1. The Morgan fingerprint density at radius 3 is 2.58 bits per heavy atom. The highest BCUT2D eigenvalue weighted by atomic mass is 19.3. The van der Waals surface area contributed by atoms with Crippen molar-refractivity contribution < 1.29 is 22.7 Å². The van der Waals surface area contributed by atoms with E-state index in [1.165, 1.54) is 12.1 Å². The maximum Gasteiger partial charge on any atom is 0.273 e. The quantitative estimate of drug-likeness (QED) is 0.388. The number of carbonyl (C=O) groups is 1. The lowest BCUT2D eigenvalue weighted by atomic mass is 9.86. The molecule has 0 unspecified atom stereocenters. The predicted molar refractivity (Wildman–Crippen MR) is 148 cm³/mol. The van der Waals surface area contributed by atoms with Crippen molar-refractivity contribution in [2.75, 3.05) is 45.7 Å². The molecule has 0 aliphatic carbocycles. The fourth-order valence-electron chi connectivity index (χ4n) is 5.09. The number of anilines is 1. The predicted octanol–water partition coefficient (Wildman–Crippen LogP) is 5.17. The van der Waals surface area contributed by atoms with Crippen LogP contribution in [0.3, 0.4) is 0 Å². The third-order valence-electron chi connectivity index (χ3n) is 7.42. The Kier molecular flexibility index (Phi) is 8.65. The van der Waals surface area contributed by atoms with E-state index in [-0.39, 0.29) is 11.5 Å². The van der Waals surface area contributed by atoms with E-state index in [9.17, 15) is 13.6 Å². The van der Waals surface area contributed by atoms with Crippen LogP contribution in [-0.4, -0.2) is 71.0 Å². The molecular formula is C29H37F3N6O2. The molecule has 0 saturated carbocycles.